The number of piperidine rings is 1. The van der Waals surface area contributed by atoms with Crippen molar-refractivity contribution in [3.05, 3.63) is 29.3 Å². The number of quaternary nitrogens is 1. The third-order valence-electron chi connectivity index (χ3n) is 5.45. The fourth-order valence-corrected chi connectivity index (χ4v) is 3.90. The number of hydrogen-bond donors (Lipinski definition) is 1. The quantitative estimate of drug-likeness (QED) is 0.402. The number of para-hydroxylation sites is 1. The highest BCUT2D eigenvalue weighted by Gasteiger charge is 2.40. The van der Waals surface area contributed by atoms with Gasteiger partial charge in [-0.2, -0.15) is 0 Å². The number of nitrogens with zero attached hydrogens (tertiary/aromatic N) is 1. The van der Waals surface area contributed by atoms with Crippen LogP contribution in [-0.4, -0.2) is 36.6 Å². The largest absolute Gasteiger partial charge is 1.00 e. The van der Waals surface area contributed by atoms with Crippen LogP contribution in [0.1, 0.15) is 56.6 Å². The van der Waals surface area contributed by atoms with E-state index >= 15 is 0 Å². The molecule has 24 heavy (non-hydrogen) atoms. The molecule has 1 fully saturated rings. The van der Waals surface area contributed by atoms with Gasteiger partial charge in [-0.15, -0.1) is 0 Å². The molecule has 2 atom stereocenters. The van der Waals surface area contributed by atoms with Crippen molar-refractivity contribution in [2.75, 3.05) is 25.5 Å². The molecule has 1 aliphatic rings. The maximum Gasteiger partial charge on any atom is 0.282 e. The monoisotopic (exact) mass is 444 g/mol. The zero-order chi connectivity index (χ0) is 16.9. The lowest BCUT2D eigenvalue weighted by atomic mass is 9.97. The fraction of sp³-hybridized carbons (Fsp3) is 0.650. The van der Waals surface area contributed by atoms with Gasteiger partial charge in [0.2, 0.25) is 0 Å². The summed E-state index contributed by atoms with van der Waals surface area (Å²) in [5.74, 6) is 0.209. The first-order valence-corrected chi connectivity index (χ1v) is 9.19. The molecule has 3 nitrogen and oxygen atoms in total. The summed E-state index contributed by atoms with van der Waals surface area (Å²) < 4.78 is 0.913. The maximum absolute atomic E-state index is 13.0. The van der Waals surface area contributed by atoms with Gasteiger partial charge in [-0.3, -0.25) is 4.79 Å². The molecule has 1 aromatic carbocycles. The van der Waals surface area contributed by atoms with E-state index in [1.165, 1.54) is 32.1 Å². The first kappa shape index (κ1) is 21.4. The Morgan fingerprint density at radius 1 is 1.21 bits per heavy atom. The number of likely N-dealkylation sites (N-methyl/N-ethyl adjacent to an activating group) is 1. The van der Waals surface area contributed by atoms with E-state index < -0.39 is 0 Å². The van der Waals surface area contributed by atoms with Crippen LogP contribution >= 0.6 is 0 Å². The minimum absolute atomic E-state index is 0. The zero-order valence-electron chi connectivity index (χ0n) is 15.7. The average molecular weight is 444 g/mol. The summed E-state index contributed by atoms with van der Waals surface area (Å²) in [4.78, 5) is 13.0. The molecule has 0 saturated carbocycles. The number of likely N-dealkylation sites (tertiary alicyclic amines) is 1. The van der Waals surface area contributed by atoms with Gasteiger partial charge >= 0.3 is 0 Å². The topological polar surface area (TPSA) is 29.1 Å². The number of amides is 1. The lowest BCUT2D eigenvalue weighted by Crippen LogP contribution is -3.00. The highest BCUT2D eigenvalue weighted by Crippen LogP contribution is 2.27. The smallest absolute Gasteiger partial charge is 0.282 e. The number of unbranched alkanes of at least 4 members (excludes halogenated alkanes) is 2. The summed E-state index contributed by atoms with van der Waals surface area (Å²) in [5, 5.41) is 3.24. The van der Waals surface area contributed by atoms with E-state index in [-0.39, 0.29) is 35.9 Å². The van der Waals surface area contributed by atoms with E-state index in [0.29, 0.717) is 0 Å². The summed E-state index contributed by atoms with van der Waals surface area (Å²) >= 11 is 0. The van der Waals surface area contributed by atoms with Crippen LogP contribution in [0, 0.1) is 13.8 Å². The molecule has 0 spiro atoms. The van der Waals surface area contributed by atoms with Crippen LogP contribution in [0.2, 0.25) is 0 Å². The Balaban J connectivity index is 0.00000288. The third kappa shape index (κ3) is 5.19. The van der Waals surface area contributed by atoms with Crippen LogP contribution < -0.4 is 29.3 Å². The van der Waals surface area contributed by atoms with Crippen LogP contribution in [0.3, 0.4) is 0 Å². The summed E-state index contributed by atoms with van der Waals surface area (Å²) in [6.45, 7) is 8.63. The number of nitrogens with one attached hydrogen (secondary N) is 1. The highest BCUT2D eigenvalue weighted by molar-refractivity contribution is 5.95. The first-order valence-electron chi connectivity index (χ1n) is 9.19. The van der Waals surface area contributed by atoms with E-state index in [9.17, 15) is 4.79 Å². The Kier molecular flexibility index (Phi) is 8.71. The summed E-state index contributed by atoms with van der Waals surface area (Å²) in [6, 6.07) is 6.28. The predicted molar refractivity (Wildman–Crippen MR) is 97.6 cm³/mol. The SMILES string of the molecule is CCCCC[N+]1(C)CCCCC1C(=O)Nc1c(C)cccc1C.[I-]. The highest BCUT2D eigenvalue weighted by atomic mass is 127. The van der Waals surface area contributed by atoms with Gasteiger partial charge in [0.25, 0.3) is 5.91 Å². The van der Waals surface area contributed by atoms with Crippen LogP contribution in [0.15, 0.2) is 18.2 Å². The molecule has 0 aliphatic carbocycles. The van der Waals surface area contributed by atoms with Crippen LogP contribution in [0.25, 0.3) is 0 Å². The molecule has 2 rings (SSSR count). The average Bonchev–Trinajstić information content (AvgIpc) is 2.51. The van der Waals surface area contributed by atoms with Crippen molar-refractivity contribution in [3.63, 3.8) is 0 Å². The molecule has 0 aromatic heterocycles. The van der Waals surface area contributed by atoms with Gasteiger partial charge in [0.15, 0.2) is 6.04 Å². The minimum Gasteiger partial charge on any atom is -1.00 e. The normalized spacial score (nSPS) is 23.4. The van der Waals surface area contributed by atoms with Crippen molar-refractivity contribution in [1.29, 1.82) is 0 Å². The summed E-state index contributed by atoms with van der Waals surface area (Å²) in [6.07, 6.45) is 7.15. The fourth-order valence-electron chi connectivity index (χ4n) is 3.90. The van der Waals surface area contributed by atoms with Gasteiger partial charge in [-0.05, 0) is 50.7 Å². The molecule has 2 unspecified atom stereocenters. The van der Waals surface area contributed by atoms with Crippen molar-refractivity contribution < 1.29 is 33.3 Å². The number of rotatable bonds is 6. The molecule has 0 radical (unpaired) electrons. The van der Waals surface area contributed by atoms with Crippen LogP contribution in [0.4, 0.5) is 5.69 Å². The third-order valence-corrected chi connectivity index (χ3v) is 5.45. The van der Waals surface area contributed by atoms with Gasteiger partial charge in [0, 0.05) is 12.1 Å². The van der Waals surface area contributed by atoms with Crippen molar-refractivity contribution in [2.24, 2.45) is 0 Å². The van der Waals surface area contributed by atoms with E-state index in [0.717, 1.165) is 40.8 Å². The number of carbonyl (C=O) groups excluding carboxylic acids is 1. The first-order chi connectivity index (χ1) is 11.0. The molecule has 1 amide bonds. The molecular weight excluding hydrogens is 411 g/mol. The number of hydrogen-bond acceptors (Lipinski definition) is 1. The van der Waals surface area contributed by atoms with E-state index in [4.69, 9.17) is 0 Å². The number of aryl methyl sites for hydroxylation is 2. The van der Waals surface area contributed by atoms with Crippen molar-refractivity contribution in [2.45, 2.75) is 65.3 Å². The lowest BCUT2D eigenvalue weighted by molar-refractivity contribution is -0.929. The molecule has 1 aromatic rings. The van der Waals surface area contributed by atoms with Crippen LogP contribution in [0.5, 0.6) is 0 Å². The summed E-state index contributed by atoms with van der Waals surface area (Å²) in [7, 11) is 2.28. The molecule has 0 bridgehead atoms. The molecule has 1 heterocycles. The maximum atomic E-state index is 13.0. The standard InChI is InChI=1S/C20H32N2O.HI/c1-5-6-8-14-22(4)15-9-7-13-18(22)20(23)21-19-16(2)11-10-12-17(19)3;/h10-12,18H,5-9,13-15H2,1-4H3;1H. The lowest BCUT2D eigenvalue weighted by Gasteiger charge is -2.44. The minimum atomic E-state index is 0. The second kappa shape index (κ2) is 9.76. The number of halogens is 1. The van der Waals surface area contributed by atoms with Crippen LogP contribution in [-0.2, 0) is 4.79 Å². The molecule has 4 heteroatoms. The van der Waals surface area contributed by atoms with Crippen molar-refractivity contribution in [3.8, 4) is 0 Å². The Bertz CT molecular complexity index is 526. The Labute approximate surface area is 164 Å². The Morgan fingerprint density at radius 3 is 2.50 bits per heavy atom. The molecule has 136 valence electrons. The summed E-state index contributed by atoms with van der Waals surface area (Å²) in [5.41, 5.74) is 3.30. The molecule has 1 saturated heterocycles. The zero-order valence-corrected chi connectivity index (χ0v) is 17.9. The number of anilines is 1. The van der Waals surface area contributed by atoms with Gasteiger partial charge in [-0.1, -0.05) is 31.5 Å². The molecule has 1 aliphatic heterocycles. The van der Waals surface area contributed by atoms with E-state index in [1.54, 1.807) is 0 Å². The van der Waals surface area contributed by atoms with E-state index in [1.807, 2.05) is 6.07 Å². The second-order valence-corrected chi connectivity index (χ2v) is 7.40. The van der Waals surface area contributed by atoms with E-state index in [2.05, 4.69) is 45.3 Å². The number of benzene rings is 1. The van der Waals surface area contributed by atoms with Gasteiger partial charge in [0.05, 0.1) is 20.1 Å². The van der Waals surface area contributed by atoms with Gasteiger partial charge in [-0.25, -0.2) is 0 Å². The van der Waals surface area contributed by atoms with Gasteiger partial charge in [0.1, 0.15) is 0 Å². The van der Waals surface area contributed by atoms with Gasteiger partial charge < -0.3 is 33.8 Å². The second-order valence-electron chi connectivity index (χ2n) is 7.40. The molecule has 1 N–H and O–H groups in total. The Hall–Kier alpha value is -0.620. The Morgan fingerprint density at radius 2 is 1.88 bits per heavy atom. The van der Waals surface area contributed by atoms with Crippen molar-refractivity contribution in [1.82, 2.24) is 0 Å². The van der Waals surface area contributed by atoms with Crippen molar-refractivity contribution >= 4 is 11.6 Å². The molecular formula is C20H33IN2O. The number of carbonyl (C=O) groups is 1. The predicted octanol–water partition coefficient (Wildman–Crippen LogP) is 1.44.